The van der Waals surface area contributed by atoms with E-state index in [2.05, 4.69) is 10.6 Å². The predicted octanol–water partition coefficient (Wildman–Crippen LogP) is 2.52. The molecule has 0 unspecified atom stereocenters. The first kappa shape index (κ1) is 17.5. The van der Waals surface area contributed by atoms with Crippen molar-refractivity contribution < 1.29 is 18.7 Å². The summed E-state index contributed by atoms with van der Waals surface area (Å²) >= 11 is 0. The monoisotopic (exact) mass is 330 g/mol. The van der Waals surface area contributed by atoms with Gasteiger partial charge in [-0.2, -0.15) is 0 Å². The molecule has 24 heavy (non-hydrogen) atoms. The van der Waals surface area contributed by atoms with Crippen LogP contribution in [0.4, 0.5) is 10.1 Å². The number of carbonyl (C=O) groups excluding carboxylic acids is 2. The minimum atomic E-state index is -0.280. The number of halogens is 1. The largest absolute Gasteiger partial charge is 0.484 e. The number of benzene rings is 2. The fraction of sp³-hybridized carbons (Fsp3) is 0.222. The number of rotatable bonds is 7. The van der Waals surface area contributed by atoms with E-state index in [1.54, 1.807) is 36.4 Å². The Hall–Kier alpha value is -2.89. The van der Waals surface area contributed by atoms with Crippen LogP contribution in [0, 0.1) is 5.82 Å². The molecule has 0 fully saturated rings. The van der Waals surface area contributed by atoms with Gasteiger partial charge in [-0.1, -0.05) is 18.2 Å². The summed E-state index contributed by atoms with van der Waals surface area (Å²) in [5.74, 6) is -0.208. The van der Waals surface area contributed by atoms with Crippen molar-refractivity contribution >= 4 is 17.5 Å². The Balaban J connectivity index is 1.73. The van der Waals surface area contributed by atoms with Gasteiger partial charge in [0.1, 0.15) is 11.6 Å². The molecule has 0 atom stereocenters. The maximum Gasteiger partial charge on any atom is 0.257 e. The lowest BCUT2D eigenvalue weighted by molar-refractivity contribution is -0.123. The van der Waals surface area contributed by atoms with Crippen molar-refractivity contribution in [2.75, 3.05) is 18.5 Å². The smallest absolute Gasteiger partial charge is 0.257 e. The molecule has 0 saturated heterocycles. The highest BCUT2D eigenvalue weighted by molar-refractivity contribution is 5.88. The zero-order valence-corrected chi connectivity index (χ0v) is 13.3. The van der Waals surface area contributed by atoms with Crippen molar-refractivity contribution in [2.24, 2.45) is 0 Å². The van der Waals surface area contributed by atoms with Crippen molar-refractivity contribution in [3.8, 4) is 5.75 Å². The summed E-state index contributed by atoms with van der Waals surface area (Å²) in [6.45, 7) is 1.74. The molecule has 5 nitrogen and oxygen atoms in total. The van der Waals surface area contributed by atoms with E-state index < -0.39 is 0 Å². The highest BCUT2D eigenvalue weighted by Gasteiger charge is 2.04. The van der Waals surface area contributed by atoms with Crippen LogP contribution >= 0.6 is 0 Å². The van der Waals surface area contributed by atoms with Crippen LogP contribution in [0.15, 0.2) is 48.5 Å². The van der Waals surface area contributed by atoms with Gasteiger partial charge in [-0.3, -0.25) is 9.59 Å². The molecule has 0 saturated carbocycles. The van der Waals surface area contributed by atoms with E-state index in [9.17, 15) is 14.0 Å². The average Bonchev–Trinajstić information content (AvgIpc) is 2.54. The molecule has 2 aromatic rings. The second-order valence-electron chi connectivity index (χ2n) is 5.22. The highest BCUT2D eigenvalue weighted by atomic mass is 19.1. The third-order valence-electron chi connectivity index (χ3n) is 3.17. The first-order chi connectivity index (χ1) is 11.5. The van der Waals surface area contributed by atoms with Gasteiger partial charge in [-0.25, -0.2) is 4.39 Å². The van der Waals surface area contributed by atoms with Crippen molar-refractivity contribution in [2.45, 2.75) is 13.3 Å². The van der Waals surface area contributed by atoms with Gasteiger partial charge in [-0.15, -0.1) is 0 Å². The Morgan fingerprint density at radius 1 is 1.12 bits per heavy atom. The van der Waals surface area contributed by atoms with Crippen LogP contribution in [-0.2, 0) is 16.0 Å². The molecule has 6 heteroatoms. The lowest BCUT2D eigenvalue weighted by atomic mass is 10.1. The molecule has 2 aromatic carbocycles. The van der Waals surface area contributed by atoms with Gasteiger partial charge in [0, 0.05) is 25.2 Å². The average molecular weight is 330 g/mol. The highest BCUT2D eigenvalue weighted by Crippen LogP contribution is 2.17. The van der Waals surface area contributed by atoms with Gasteiger partial charge in [0.05, 0.1) is 0 Å². The fourth-order valence-electron chi connectivity index (χ4n) is 2.06. The number of hydrogen-bond donors (Lipinski definition) is 2. The van der Waals surface area contributed by atoms with E-state index in [1.807, 2.05) is 0 Å². The number of carbonyl (C=O) groups is 2. The second kappa shape index (κ2) is 8.67. The lowest BCUT2D eigenvalue weighted by Gasteiger charge is -2.09. The topological polar surface area (TPSA) is 67.4 Å². The standard InChI is InChI=1S/C18H19FN2O3/c1-13(22)21-16-3-2-4-17(11-16)24-12-18(23)20-10-9-14-5-7-15(19)8-6-14/h2-8,11H,9-10,12H2,1H3,(H,20,23)(H,21,22). The zero-order chi connectivity index (χ0) is 17.4. The van der Waals surface area contributed by atoms with Gasteiger partial charge >= 0.3 is 0 Å². The quantitative estimate of drug-likeness (QED) is 0.820. The number of hydrogen-bond acceptors (Lipinski definition) is 3. The Bertz CT molecular complexity index is 702. The van der Waals surface area contributed by atoms with E-state index in [4.69, 9.17) is 4.74 Å². The van der Waals surface area contributed by atoms with Crippen LogP contribution in [0.25, 0.3) is 0 Å². The van der Waals surface area contributed by atoms with Crippen molar-refractivity contribution in [3.63, 3.8) is 0 Å². The van der Waals surface area contributed by atoms with Crippen molar-refractivity contribution in [1.29, 1.82) is 0 Å². The van der Waals surface area contributed by atoms with Gasteiger partial charge in [0.2, 0.25) is 5.91 Å². The molecule has 0 radical (unpaired) electrons. The fourth-order valence-corrected chi connectivity index (χ4v) is 2.06. The molecular formula is C18H19FN2O3. The second-order valence-corrected chi connectivity index (χ2v) is 5.22. The van der Waals surface area contributed by atoms with Gasteiger partial charge < -0.3 is 15.4 Å². The van der Waals surface area contributed by atoms with Gasteiger partial charge in [-0.05, 0) is 36.2 Å². The molecule has 0 aliphatic carbocycles. The molecular weight excluding hydrogens is 311 g/mol. The molecule has 0 spiro atoms. The molecule has 0 bridgehead atoms. The van der Waals surface area contributed by atoms with Crippen LogP contribution in [-0.4, -0.2) is 25.0 Å². The van der Waals surface area contributed by atoms with Crippen molar-refractivity contribution in [1.82, 2.24) is 5.32 Å². The molecule has 0 aliphatic rings. The Morgan fingerprint density at radius 3 is 2.58 bits per heavy atom. The van der Waals surface area contributed by atoms with E-state index >= 15 is 0 Å². The SMILES string of the molecule is CC(=O)Nc1cccc(OCC(=O)NCCc2ccc(F)cc2)c1. The zero-order valence-electron chi connectivity index (χ0n) is 13.3. The number of anilines is 1. The number of ether oxygens (including phenoxy) is 1. The Labute approximate surface area is 139 Å². The minimum absolute atomic E-state index is 0.118. The van der Waals surface area contributed by atoms with Crippen LogP contribution < -0.4 is 15.4 Å². The number of nitrogens with one attached hydrogen (secondary N) is 2. The molecule has 0 heterocycles. The summed E-state index contributed by atoms with van der Waals surface area (Å²) in [4.78, 5) is 22.8. The maximum atomic E-state index is 12.8. The Kier molecular flexibility index (Phi) is 6.31. The summed E-state index contributed by atoms with van der Waals surface area (Å²) in [5.41, 5.74) is 1.55. The maximum absolute atomic E-state index is 12.8. The molecule has 2 N–H and O–H groups in total. The van der Waals surface area contributed by atoms with Crippen LogP contribution in [0.5, 0.6) is 5.75 Å². The van der Waals surface area contributed by atoms with Crippen LogP contribution in [0.1, 0.15) is 12.5 Å². The molecule has 2 amide bonds. The third-order valence-corrected chi connectivity index (χ3v) is 3.17. The summed E-state index contributed by atoms with van der Waals surface area (Å²) in [5, 5.41) is 5.38. The Morgan fingerprint density at radius 2 is 1.88 bits per heavy atom. The molecule has 2 rings (SSSR count). The first-order valence-corrected chi connectivity index (χ1v) is 7.54. The van der Waals surface area contributed by atoms with Crippen LogP contribution in [0.2, 0.25) is 0 Å². The van der Waals surface area contributed by atoms with E-state index in [0.717, 1.165) is 5.56 Å². The van der Waals surface area contributed by atoms with Gasteiger partial charge in [0.25, 0.3) is 5.91 Å². The summed E-state index contributed by atoms with van der Waals surface area (Å²) in [6.07, 6.45) is 0.615. The predicted molar refractivity (Wildman–Crippen MR) is 89.4 cm³/mol. The number of amides is 2. The third kappa shape index (κ3) is 6.08. The van der Waals surface area contributed by atoms with Crippen LogP contribution in [0.3, 0.4) is 0 Å². The van der Waals surface area contributed by atoms with E-state index in [0.29, 0.717) is 24.4 Å². The normalized spacial score (nSPS) is 10.1. The van der Waals surface area contributed by atoms with E-state index in [1.165, 1.54) is 19.1 Å². The summed E-state index contributed by atoms with van der Waals surface area (Å²) < 4.78 is 18.2. The van der Waals surface area contributed by atoms with Crippen molar-refractivity contribution in [3.05, 3.63) is 59.9 Å². The first-order valence-electron chi connectivity index (χ1n) is 7.54. The molecule has 126 valence electrons. The lowest BCUT2D eigenvalue weighted by Crippen LogP contribution is -2.30. The summed E-state index contributed by atoms with van der Waals surface area (Å²) in [6, 6.07) is 13.0. The molecule has 0 aliphatic heterocycles. The van der Waals surface area contributed by atoms with Gasteiger partial charge in [0.15, 0.2) is 6.61 Å². The minimum Gasteiger partial charge on any atom is -0.484 e. The summed E-state index contributed by atoms with van der Waals surface area (Å²) in [7, 11) is 0. The molecule has 0 aromatic heterocycles. The van der Waals surface area contributed by atoms with E-state index in [-0.39, 0.29) is 24.2 Å².